The molecule has 2 aromatic rings. The molecule has 1 aliphatic heterocycles. The molecule has 1 saturated heterocycles. The zero-order chi connectivity index (χ0) is 17.5. The van der Waals surface area contributed by atoms with E-state index in [0.717, 1.165) is 25.2 Å². The molecule has 5 heteroatoms. The van der Waals surface area contributed by atoms with Crippen LogP contribution in [0.2, 0.25) is 0 Å². The maximum absolute atomic E-state index is 12.5. The number of ether oxygens (including phenoxy) is 3. The lowest BCUT2D eigenvalue weighted by atomic mass is 10.2. The lowest BCUT2D eigenvalue weighted by Gasteiger charge is -2.13. The molecule has 1 fully saturated rings. The standard InChI is InChI=1S/C20H23NO4/c1-2-23-19-8-4-3-7-18(19)20(22)21-15-9-11-16(12-10-15)25-14-17-6-5-13-24-17/h3-4,7-12,17H,2,5-6,13-14H2,1H3,(H,21,22)/t17-/m1/s1. The summed E-state index contributed by atoms with van der Waals surface area (Å²) < 4.78 is 16.8. The van der Waals surface area contributed by atoms with E-state index in [4.69, 9.17) is 14.2 Å². The Labute approximate surface area is 147 Å². The number of benzene rings is 2. The molecule has 0 aliphatic carbocycles. The van der Waals surface area contributed by atoms with E-state index in [1.54, 1.807) is 12.1 Å². The van der Waals surface area contributed by atoms with Gasteiger partial charge in [0.2, 0.25) is 0 Å². The number of para-hydroxylation sites is 1. The summed E-state index contributed by atoms with van der Waals surface area (Å²) in [5.74, 6) is 1.15. The van der Waals surface area contributed by atoms with Crippen molar-refractivity contribution < 1.29 is 19.0 Å². The Kier molecular flexibility index (Phi) is 5.90. The number of rotatable bonds is 7. The average Bonchev–Trinajstić information content (AvgIpc) is 3.15. The molecule has 2 aromatic carbocycles. The molecular formula is C20H23NO4. The largest absolute Gasteiger partial charge is 0.493 e. The summed E-state index contributed by atoms with van der Waals surface area (Å²) in [6, 6.07) is 14.6. The van der Waals surface area contributed by atoms with Gasteiger partial charge in [-0.15, -0.1) is 0 Å². The molecule has 0 unspecified atom stereocenters. The normalized spacial score (nSPS) is 16.4. The van der Waals surface area contributed by atoms with Gasteiger partial charge >= 0.3 is 0 Å². The van der Waals surface area contributed by atoms with Crippen molar-refractivity contribution in [2.24, 2.45) is 0 Å². The van der Waals surface area contributed by atoms with Gasteiger partial charge in [-0.05, 0) is 56.2 Å². The van der Waals surface area contributed by atoms with Gasteiger partial charge in [0.25, 0.3) is 5.91 Å². The molecule has 0 radical (unpaired) electrons. The predicted molar refractivity (Wildman–Crippen MR) is 96.5 cm³/mol. The number of hydrogen-bond donors (Lipinski definition) is 1. The minimum atomic E-state index is -0.197. The highest BCUT2D eigenvalue weighted by molar-refractivity contribution is 6.06. The van der Waals surface area contributed by atoms with Crippen molar-refractivity contribution in [3.8, 4) is 11.5 Å². The average molecular weight is 341 g/mol. The topological polar surface area (TPSA) is 56.8 Å². The summed E-state index contributed by atoms with van der Waals surface area (Å²) in [6.07, 6.45) is 2.34. The Balaban J connectivity index is 1.58. The van der Waals surface area contributed by atoms with Crippen LogP contribution in [0.3, 0.4) is 0 Å². The summed E-state index contributed by atoms with van der Waals surface area (Å²) in [4.78, 5) is 12.5. The third-order valence-electron chi connectivity index (χ3n) is 4.00. The maximum Gasteiger partial charge on any atom is 0.259 e. The van der Waals surface area contributed by atoms with Crippen LogP contribution in [0.25, 0.3) is 0 Å². The molecule has 132 valence electrons. The summed E-state index contributed by atoms with van der Waals surface area (Å²) in [7, 11) is 0. The van der Waals surface area contributed by atoms with E-state index in [1.165, 1.54) is 0 Å². The maximum atomic E-state index is 12.5. The first-order valence-electron chi connectivity index (χ1n) is 8.64. The molecule has 1 N–H and O–H groups in total. The molecule has 0 spiro atoms. The highest BCUT2D eigenvalue weighted by Gasteiger charge is 2.16. The van der Waals surface area contributed by atoms with Gasteiger partial charge in [0.05, 0.1) is 18.3 Å². The Morgan fingerprint density at radius 1 is 1.16 bits per heavy atom. The minimum Gasteiger partial charge on any atom is -0.493 e. The molecule has 1 amide bonds. The van der Waals surface area contributed by atoms with Crippen LogP contribution in [0, 0.1) is 0 Å². The van der Waals surface area contributed by atoms with E-state index in [-0.39, 0.29) is 12.0 Å². The van der Waals surface area contributed by atoms with E-state index in [2.05, 4.69) is 5.32 Å². The molecule has 1 atom stereocenters. The van der Waals surface area contributed by atoms with Crippen molar-refractivity contribution >= 4 is 11.6 Å². The van der Waals surface area contributed by atoms with Crippen LogP contribution in [0.5, 0.6) is 11.5 Å². The summed E-state index contributed by atoms with van der Waals surface area (Å²) in [5.41, 5.74) is 1.23. The Hall–Kier alpha value is -2.53. The Bertz CT molecular complexity index is 693. The zero-order valence-electron chi connectivity index (χ0n) is 14.4. The first-order valence-corrected chi connectivity index (χ1v) is 8.64. The van der Waals surface area contributed by atoms with Crippen molar-refractivity contribution in [3.63, 3.8) is 0 Å². The number of carbonyl (C=O) groups excluding carboxylic acids is 1. The van der Waals surface area contributed by atoms with Crippen LogP contribution in [-0.2, 0) is 4.74 Å². The summed E-state index contributed by atoms with van der Waals surface area (Å²) in [6.45, 7) is 3.79. The predicted octanol–water partition coefficient (Wildman–Crippen LogP) is 3.90. The van der Waals surface area contributed by atoms with Gasteiger partial charge in [0.1, 0.15) is 18.1 Å². The van der Waals surface area contributed by atoms with Gasteiger partial charge in [0, 0.05) is 12.3 Å². The molecule has 0 aromatic heterocycles. The first-order chi connectivity index (χ1) is 12.3. The second kappa shape index (κ2) is 8.53. The van der Waals surface area contributed by atoms with E-state index in [1.807, 2.05) is 43.3 Å². The van der Waals surface area contributed by atoms with E-state index < -0.39 is 0 Å². The van der Waals surface area contributed by atoms with Gasteiger partial charge < -0.3 is 19.5 Å². The fourth-order valence-electron chi connectivity index (χ4n) is 2.73. The van der Waals surface area contributed by atoms with Crippen LogP contribution in [-0.4, -0.2) is 31.8 Å². The van der Waals surface area contributed by atoms with Gasteiger partial charge in [0.15, 0.2) is 0 Å². The monoisotopic (exact) mass is 341 g/mol. The number of anilines is 1. The highest BCUT2D eigenvalue weighted by Crippen LogP contribution is 2.22. The molecular weight excluding hydrogens is 318 g/mol. The van der Waals surface area contributed by atoms with Crippen LogP contribution in [0.1, 0.15) is 30.1 Å². The third-order valence-corrected chi connectivity index (χ3v) is 4.00. The van der Waals surface area contributed by atoms with Crippen LogP contribution in [0.15, 0.2) is 48.5 Å². The lowest BCUT2D eigenvalue weighted by Crippen LogP contribution is -2.16. The summed E-state index contributed by atoms with van der Waals surface area (Å²) in [5, 5.41) is 2.88. The second-order valence-corrected chi connectivity index (χ2v) is 5.85. The minimum absolute atomic E-state index is 0.189. The van der Waals surface area contributed by atoms with Gasteiger partial charge in [-0.2, -0.15) is 0 Å². The second-order valence-electron chi connectivity index (χ2n) is 5.85. The van der Waals surface area contributed by atoms with Crippen molar-refractivity contribution in [1.29, 1.82) is 0 Å². The fourth-order valence-corrected chi connectivity index (χ4v) is 2.73. The molecule has 3 rings (SSSR count). The third kappa shape index (κ3) is 4.73. The molecule has 25 heavy (non-hydrogen) atoms. The first kappa shape index (κ1) is 17.3. The highest BCUT2D eigenvalue weighted by atomic mass is 16.5. The zero-order valence-corrected chi connectivity index (χ0v) is 14.4. The van der Waals surface area contributed by atoms with Gasteiger partial charge in [-0.1, -0.05) is 12.1 Å². The van der Waals surface area contributed by atoms with Crippen molar-refractivity contribution in [1.82, 2.24) is 0 Å². The molecule has 0 saturated carbocycles. The molecule has 0 bridgehead atoms. The quantitative estimate of drug-likeness (QED) is 0.830. The SMILES string of the molecule is CCOc1ccccc1C(=O)Nc1ccc(OC[C@H]2CCCO2)cc1. The van der Waals surface area contributed by atoms with Crippen LogP contribution >= 0.6 is 0 Å². The molecule has 5 nitrogen and oxygen atoms in total. The Morgan fingerprint density at radius 2 is 1.96 bits per heavy atom. The fraction of sp³-hybridized carbons (Fsp3) is 0.350. The van der Waals surface area contributed by atoms with Crippen molar-refractivity contribution in [3.05, 3.63) is 54.1 Å². The number of hydrogen-bond acceptors (Lipinski definition) is 4. The van der Waals surface area contributed by atoms with E-state index in [0.29, 0.717) is 30.2 Å². The Morgan fingerprint density at radius 3 is 2.68 bits per heavy atom. The lowest BCUT2D eigenvalue weighted by molar-refractivity contribution is 0.0679. The van der Waals surface area contributed by atoms with Crippen LogP contribution in [0.4, 0.5) is 5.69 Å². The van der Waals surface area contributed by atoms with Crippen LogP contribution < -0.4 is 14.8 Å². The molecule has 1 heterocycles. The van der Waals surface area contributed by atoms with Crippen molar-refractivity contribution in [2.45, 2.75) is 25.9 Å². The number of carbonyl (C=O) groups is 1. The van der Waals surface area contributed by atoms with Gasteiger partial charge in [-0.3, -0.25) is 4.79 Å². The summed E-state index contributed by atoms with van der Waals surface area (Å²) >= 11 is 0. The number of nitrogens with one attached hydrogen (secondary N) is 1. The molecule has 1 aliphatic rings. The van der Waals surface area contributed by atoms with Crippen molar-refractivity contribution in [2.75, 3.05) is 25.1 Å². The smallest absolute Gasteiger partial charge is 0.259 e. The van der Waals surface area contributed by atoms with E-state index in [9.17, 15) is 4.79 Å². The van der Waals surface area contributed by atoms with E-state index >= 15 is 0 Å². The van der Waals surface area contributed by atoms with Gasteiger partial charge in [-0.25, -0.2) is 0 Å². The number of amides is 1.